The highest BCUT2D eigenvalue weighted by Crippen LogP contribution is 2.24. The summed E-state index contributed by atoms with van der Waals surface area (Å²) in [6.07, 6.45) is 0.350. The van der Waals surface area contributed by atoms with Gasteiger partial charge in [-0.05, 0) is 6.07 Å². The van der Waals surface area contributed by atoms with Crippen molar-refractivity contribution in [2.24, 2.45) is 0 Å². The van der Waals surface area contributed by atoms with Crippen LogP contribution in [0.25, 0.3) is 0 Å². The minimum absolute atomic E-state index is 0.120. The second kappa shape index (κ2) is 3.81. The molecule has 1 rings (SSSR count). The average Bonchev–Trinajstić information content (AvgIpc) is 2.04. The minimum atomic E-state index is -2.53. The Balaban J connectivity index is 3.12. The Morgan fingerprint density at radius 3 is 2.75 bits per heavy atom. The second-order valence-electron chi connectivity index (χ2n) is 2.22. The molecule has 0 aromatic carbocycles. The van der Waals surface area contributed by atoms with E-state index < -0.39 is 6.43 Å². The van der Waals surface area contributed by atoms with E-state index in [2.05, 4.69) is 4.98 Å². The van der Waals surface area contributed by atoms with Crippen LogP contribution >= 0.6 is 11.6 Å². The summed E-state index contributed by atoms with van der Waals surface area (Å²) in [6, 6.07) is 1.23. The number of nitrogens with zero attached hydrogens (tertiary/aromatic N) is 1. The highest BCUT2D eigenvalue weighted by atomic mass is 35.5. The van der Waals surface area contributed by atoms with Gasteiger partial charge in [-0.2, -0.15) is 0 Å². The van der Waals surface area contributed by atoms with E-state index in [0.717, 1.165) is 0 Å². The van der Waals surface area contributed by atoms with E-state index >= 15 is 0 Å². The largest absolute Gasteiger partial charge is 0.265 e. The molecule has 0 aliphatic rings. The molecule has 0 N–H and O–H groups in total. The predicted molar refractivity (Wildman–Crippen MR) is 43.3 cm³/mol. The maximum atomic E-state index is 12.3. The molecule has 0 amide bonds. The van der Waals surface area contributed by atoms with Crippen LogP contribution in [0.1, 0.15) is 24.6 Å². The number of rotatable bonds is 2. The smallest absolute Gasteiger partial charge is 0.259 e. The minimum Gasteiger partial charge on any atom is -0.259 e. The molecule has 4 heteroatoms. The van der Waals surface area contributed by atoms with E-state index in [4.69, 9.17) is 11.6 Å². The van der Waals surface area contributed by atoms with Crippen molar-refractivity contribution >= 4 is 11.6 Å². The molecule has 1 aromatic heterocycles. The standard InChI is InChI=1S/C8H7ClF2N/c1-2-7-6(8(10)11)3-5(9)4-12-7/h2-4,8H,1H3. The van der Waals surface area contributed by atoms with E-state index in [1.807, 2.05) is 0 Å². The van der Waals surface area contributed by atoms with Gasteiger partial charge in [0, 0.05) is 18.2 Å². The molecule has 65 valence electrons. The summed E-state index contributed by atoms with van der Waals surface area (Å²) >= 11 is 5.51. The third kappa shape index (κ3) is 1.91. The molecule has 1 nitrogen and oxygen atoms in total. The van der Waals surface area contributed by atoms with Gasteiger partial charge in [0.15, 0.2) is 0 Å². The van der Waals surface area contributed by atoms with Gasteiger partial charge in [0.1, 0.15) is 0 Å². The molecule has 0 aliphatic heterocycles. The number of halogens is 3. The van der Waals surface area contributed by atoms with Crippen molar-refractivity contribution in [1.82, 2.24) is 4.98 Å². The SMILES string of the molecule is C[CH]c1ncc(Cl)cc1C(F)F. The van der Waals surface area contributed by atoms with E-state index in [1.165, 1.54) is 18.7 Å². The molecular weight excluding hydrogens is 184 g/mol. The third-order valence-electron chi connectivity index (χ3n) is 1.42. The Hall–Kier alpha value is -0.700. The van der Waals surface area contributed by atoms with Gasteiger partial charge in [-0.3, -0.25) is 4.98 Å². The molecule has 0 atom stereocenters. The van der Waals surface area contributed by atoms with E-state index in [1.54, 1.807) is 6.92 Å². The van der Waals surface area contributed by atoms with Crippen molar-refractivity contribution in [1.29, 1.82) is 0 Å². The van der Waals surface area contributed by atoms with Crippen LogP contribution in [0.2, 0.25) is 5.02 Å². The lowest BCUT2D eigenvalue weighted by molar-refractivity contribution is 0.150. The summed E-state index contributed by atoms with van der Waals surface area (Å²) in [5, 5.41) is 0.232. The Labute approximate surface area is 74.4 Å². The van der Waals surface area contributed by atoms with Crippen LogP contribution in [0.5, 0.6) is 0 Å². The van der Waals surface area contributed by atoms with Crippen molar-refractivity contribution in [2.75, 3.05) is 0 Å². The maximum Gasteiger partial charge on any atom is 0.265 e. The molecule has 0 spiro atoms. The van der Waals surface area contributed by atoms with Gasteiger partial charge in [0.25, 0.3) is 6.43 Å². The molecule has 0 saturated heterocycles. The summed E-state index contributed by atoms with van der Waals surface area (Å²) in [7, 11) is 0. The molecule has 0 unspecified atom stereocenters. The number of aromatic nitrogens is 1. The van der Waals surface area contributed by atoms with E-state index in [9.17, 15) is 8.78 Å². The average molecular weight is 191 g/mol. The first-order chi connectivity index (χ1) is 5.65. The first kappa shape index (κ1) is 9.39. The Morgan fingerprint density at radius 1 is 1.58 bits per heavy atom. The zero-order valence-electron chi connectivity index (χ0n) is 6.39. The van der Waals surface area contributed by atoms with Crippen molar-refractivity contribution < 1.29 is 8.78 Å². The van der Waals surface area contributed by atoms with Gasteiger partial charge in [-0.15, -0.1) is 0 Å². The Morgan fingerprint density at radius 2 is 2.25 bits per heavy atom. The van der Waals surface area contributed by atoms with Gasteiger partial charge in [-0.25, -0.2) is 8.78 Å². The lowest BCUT2D eigenvalue weighted by Gasteiger charge is -2.04. The molecule has 0 saturated carbocycles. The molecular formula is C8H7ClF2N. The Kier molecular flexibility index (Phi) is 2.98. The topological polar surface area (TPSA) is 12.9 Å². The van der Waals surface area contributed by atoms with Crippen LogP contribution in [0.4, 0.5) is 8.78 Å². The molecule has 0 bridgehead atoms. The molecule has 0 fully saturated rings. The van der Waals surface area contributed by atoms with Crippen molar-refractivity contribution in [3.8, 4) is 0 Å². The second-order valence-corrected chi connectivity index (χ2v) is 2.65. The highest BCUT2D eigenvalue weighted by Gasteiger charge is 2.13. The summed E-state index contributed by atoms with van der Waals surface area (Å²) in [5.74, 6) is 0. The quantitative estimate of drug-likeness (QED) is 0.698. The fourth-order valence-electron chi connectivity index (χ4n) is 0.881. The molecule has 1 radical (unpaired) electrons. The molecule has 12 heavy (non-hydrogen) atoms. The number of hydrogen-bond acceptors (Lipinski definition) is 1. The van der Waals surface area contributed by atoms with Gasteiger partial charge >= 0.3 is 0 Å². The van der Waals surface area contributed by atoms with Gasteiger partial charge < -0.3 is 0 Å². The molecule has 1 aromatic rings. The third-order valence-corrected chi connectivity index (χ3v) is 1.63. The fraction of sp³-hybridized carbons (Fsp3) is 0.250. The Bertz CT molecular complexity index is 276. The van der Waals surface area contributed by atoms with Crippen molar-refractivity contribution in [3.05, 3.63) is 35.0 Å². The zero-order chi connectivity index (χ0) is 9.14. The summed E-state index contributed by atoms with van der Waals surface area (Å²) < 4.78 is 24.6. The van der Waals surface area contributed by atoms with Crippen molar-refractivity contribution in [3.63, 3.8) is 0 Å². The highest BCUT2D eigenvalue weighted by molar-refractivity contribution is 6.30. The molecule has 0 aliphatic carbocycles. The van der Waals surface area contributed by atoms with Gasteiger partial charge in [0.2, 0.25) is 0 Å². The van der Waals surface area contributed by atoms with E-state index in [-0.39, 0.29) is 16.3 Å². The van der Waals surface area contributed by atoms with Crippen LogP contribution in [-0.2, 0) is 0 Å². The lowest BCUT2D eigenvalue weighted by Crippen LogP contribution is -1.95. The summed E-state index contributed by atoms with van der Waals surface area (Å²) in [4.78, 5) is 3.75. The van der Waals surface area contributed by atoms with Gasteiger partial charge in [0.05, 0.1) is 10.7 Å². The lowest BCUT2D eigenvalue weighted by atomic mass is 10.1. The van der Waals surface area contributed by atoms with Crippen LogP contribution in [-0.4, -0.2) is 4.98 Å². The zero-order valence-corrected chi connectivity index (χ0v) is 7.15. The van der Waals surface area contributed by atoms with Crippen LogP contribution in [0, 0.1) is 6.42 Å². The van der Waals surface area contributed by atoms with Crippen LogP contribution in [0.3, 0.4) is 0 Å². The normalized spacial score (nSPS) is 10.8. The number of alkyl halides is 2. The first-order valence-corrected chi connectivity index (χ1v) is 3.76. The number of hydrogen-bond donors (Lipinski definition) is 0. The summed E-state index contributed by atoms with van der Waals surface area (Å²) in [6.45, 7) is 1.65. The monoisotopic (exact) mass is 190 g/mol. The van der Waals surface area contributed by atoms with Gasteiger partial charge in [-0.1, -0.05) is 18.5 Å². The number of pyridine rings is 1. The summed E-state index contributed by atoms with van der Waals surface area (Å²) in [5.41, 5.74) is 0.166. The van der Waals surface area contributed by atoms with E-state index in [0.29, 0.717) is 0 Å². The first-order valence-electron chi connectivity index (χ1n) is 3.38. The van der Waals surface area contributed by atoms with Crippen molar-refractivity contribution in [2.45, 2.75) is 13.3 Å². The maximum absolute atomic E-state index is 12.3. The predicted octanol–water partition coefficient (Wildman–Crippen LogP) is 3.24. The van der Waals surface area contributed by atoms with Crippen LogP contribution in [0.15, 0.2) is 12.3 Å². The van der Waals surface area contributed by atoms with Crippen LogP contribution < -0.4 is 0 Å². The fourth-order valence-corrected chi connectivity index (χ4v) is 1.05. The molecule has 1 heterocycles.